The Morgan fingerprint density at radius 2 is 2.03 bits per heavy atom. The molecule has 2 heterocycles. The lowest BCUT2D eigenvalue weighted by Crippen LogP contribution is -2.46. The Bertz CT molecular complexity index is 925. The fourth-order valence-electron chi connectivity index (χ4n) is 4.64. The zero-order chi connectivity index (χ0) is 22.0. The lowest BCUT2D eigenvalue weighted by Gasteiger charge is -2.29. The maximum Gasteiger partial charge on any atom is 0.344 e. The molecule has 2 amide bonds. The number of rotatable bonds is 7. The van der Waals surface area contributed by atoms with Crippen molar-refractivity contribution in [1.82, 2.24) is 10.2 Å². The average molecular weight is 428 g/mol. The van der Waals surface area contributed by atoms with Crippen molar-refractivity contribution in [2.75, 3.05) is 20.8 Å². The van der Waals surface area contributed by atoms with Crippen molar-refractivity contribution in [3.05, 3.63) is 34.9 Å². The molecule has 1 fully saturated rings. The molecule has 31 heavy (non-hydrogen) atoms. The van der Waals surface area contributed by atoms with Crippen molar-refractivity contribution in [2.24, 2.45) is 0 Å². The van der Waals surface area contributed by atoms with E-state index < -0.39 is 18.2 Å². The molecule has 0 aromatic heterocycles. The number of fused-ring (bicyclic) bond motifs is 1. The van der Waals surface area contributed by atoms with E-state index in [2.05, 4.69) is 11.4 Å². The first-order valence-corrected chi connectivity index (χ1v) is 10.8. The fraction of sp³-hybridized carbons (Fsp3) is 0.522. The van der Waals surface area contributed by atoms with E-state index in [0.29, 0.717) is 24.3 Å². The molecule has 0 unspecified atom stereocenters. The second kappa shape index (κ2) is 8.99. The Balaban J connectivity index is 1.51. The van der Waals surface area contributed by atoms with Crippen LogP contribution in [-0.2, 0) is 14.3 Å². The third kappa shape index (κ3) is 3.98. The predicted octanol–water partition coefficient (Wildman–Crippen LogP) is 2.87. The SMILES string of the molecule is COc1ccc2c(c1OC)C(=O)O[C@@H]2N1C(=O)CC[C@H]1C(=O)NCCC1=CCCCC1. The summed E-state index contributed by atoms with van der Waals surface area (Å²) in [6.07, 6.45) is 7.39. The van der Waals surface area contributed by atoms with Crippen LogP contribution in [-0.4, -0.2) is 49.5 Å². The summed E-state index contributed by atoms with van der Waals surface area (Å²) in [6, 6.07) is 2.67. The van der Waals surface area contributed by atoms with Gasteiger partial charge in [0.15, 0.2) is 11.5 Å². The molecule has 1 aromatic rings. The molecule has 0 spiro atoms. The number of esters is 1. The van der Waals surface area contributed by atoms with E-state index in [1.165, 1.54) is 37.5 Å². The van der Waals surface area contributed by atoms with E-state index in [0.717, 1.165) is 19.3 Å². The first kappa shape index (κ1) is 21.2. The van der Waals surface area contributed by atoms with E-state index in [4.69, 9.17) is 14.2 Å². The number of hydrogen-bond donors (Lipinski definition) is 1. The van der Waals surface area contributed by atoms with Crippen molar-refractivity contribution in [3.63, 3.8) is 0 Å². The number of hydrogen-bond acceptors (Lipinski definition) is 6. The average Bonchev–Trinajstić information content (AvgIpc) is 3.33. The summed E-state index contributed by atoms with van der Waals surface area (Å²) < 4.78 is 16.2. The molecule has 0 radical (unpaired) electrons. The Kier molecular flexibility index (Phi) is 6.15. The van der Waals surface area contributed by atoms with Crippen LogP contribution in [0.2, 0.25) is 0 Å². The number of cyclic esters (lactones) is 1. The number of carbonyl (C=O) groups is 3. The third-order valence-electron chi connectivity index (χ3n) is 6.21. The minimum atomic E-state index is -0.950. The molecule has 166 valence electrons. The minimum Gasteiger partial charge on any atom is -0.493 e. The summed E-state index contributed by atoms with van der Waals surface area (Å²) in [4.78, 5) is 39.6. The first-order chi connectivity index (χ1) is 15.0. The predicted molar refractivity (Wildman–Crippen MR) is 112 cm³/mol. The number of likely N-dealkylation sites (tertiary alicyclic amines) is 1. The van der Waals surface area contributed by atoms with Gasteiger partial charge in [-0.05, 0) is 50.7 Å². The molecule has 1 aliphatic carbocycles. The summed E-state index contributed by atoms with van der Waals surface area (Å²) in [7, 11) is 2.92. The quantitative estimate of drug-likeness (QED) is 0.530. The van der Waals surface area contributed by atoms with Crippen molar-refractivity contribution in [1.29, 1.82) is 0 Å². The van der Waals surface area contributed by atoms with E-state index >= 15 is 0 Å². The van der Waals surface area contributed by atoms with Crippen LogP contribution < -0.4 is 14.8 Å². The summed E-state index contributed by atoms with van der Waals surface area (Å²) in [5.74, 6) is -0.361. The Morgan fingerprint density at radius 1 is 1.19 bits per heavy atom. The number of amides is 2. The van der Waals surface area contributed by atoms with Crippen LogP contribution in [0.4, 0.5) is 0 Å². The van der Waals surface area contributed by atoms with Gasteiger partial charge in [-0.25, -0.2) is 4.79 Å². The Morgan fingerprint density at radius 3 is 2.74 bits per heavy atom. The number of allylic oxidation sites excluding steroid dienone is 1. The van der Waals surface area contributed by atoms with Crippen LogP contribution >= 0.6 is 0 Å². The molecule has 2 aliphatic heterocycles. The van der Waals surface area contributed by atoms with E-state index in [1.54, 1.807) is 12.1 Å². The van der Waals surface area contributed by atoms with Gasteiger partial charge in [-0.15, -0.1) is 0 Å². The molecule has 1 saturated heterocycles. The smallest absolute Gasteiger partial charge is 0.344 e. The summed E-state index contributed by atoms with van der Waals surface area (Å²) >= 11 is 0. The Hall–Kier alpha value is -3.03. The topological polar surface area (TPSA) is 94.2 Å². The fourth-order valence-corrected chi connectivity index (χ4v) is 4.64. The second-order valence-electron chi connectivity index (χ2n) is 8.03. The highest BCUT2D eigenvalue weighted by molar-refractivity contribution is 5.99. The van der Waals surface area contributed by atoms with Gasteiger partial charge < -0.3 is 19.5 Å². The monoisotopic (exact) mass is 428 g/mol. The van der Waals surface area contributed by atoms with Crippen LogP contribution in [0.3, 0.4) is 0 Å². The zero-order valence-electron chi connectivity index (χ0n) is 17.9. The highest BCUT2D eigenvalue weighted by atomic mass is 16.6. The largest absolute Gasteiger partial charge is 0.493 e. The Labute approximate surface area is 181 Å². The lowest BCUT2D eigenvalue weighted by molar-refractivity contribution is -0.145. The maximum absolute atomic E-state index is 12.9. The number of carbonyl (C=O) groups excluding carboxylic acids is 3. The number of benzene rings is 1. The molecule has 1 N–H and O–H groups in total. The first-order valence-electron chi connectivity index (χ1n) is 10.8. The molecular formula is C23H28N2O6. The van der Waals surface area contributed by atoms with Crippen LogP contribution in [0.5, 0.6) is 11.5 Å². The van der Waals surface area contributed by atoms with Gasteiger partial charge in [0.1, 0.15) is 11.6 Å². The van der Waals surface area contributed by atoms with Gasteiger partial charge in [0.25, 0.3) is 0 Å². The van der Waals surface area contributed by atoms with Crippen molar-refractivity contribution in [3.8, 4) is 11.5 Å². The highest BCUT2D eigenvalue weighted by Crippen LogP contribution is 2.45. The van der Waals surface area contributed by atoms with Crippen LogP contribution in [0, 0.1) is 0 Å². The van der Waals surface area contributed by atoms with Crippen molar-refractivity contribution >= 4 is 17.8 Å². The zero-order valence-corrected chi connectivity index (χ0v) is 17.9. The molecule has 2 atom stereocenters. The molecule has 8 nitrogen and oxygen atoms in total. The van der Waals surface area contributed by atoms with Gasteiger partial charge in [-0.3, -0.25) is 14.5 Å². The summed E-state index contributed by atoms with van der Waals surface area (Å²) in [5.41, 5.74) is 2.11. The highest BCUT2D eigenvalue weighted by Gasteiger charge is 2.47. The molecule has 4 rings (SSSR count). The van der Waals surface area contributed by atoms with Gasteiger partial charge in [-0.1, -0.05) is 11.6 Å². The van der Waals surface area contributed by atoms with E-state index in [1.807, 2.05) is 0 Å². The number of methoxy groups -OCH3 is 2. The van der Waals surface area contributed by atoms with Crippen molar-refractivity contribution in [2.45, 2.75) is 57.2 Å². The molecule has 1 aromatic carbocycles. The molecule has 0 saturated carbocycles. The third-order valence-corrected chi connectivity index (χ3v) is 6.21. The van der Waals surface area contributed by atoms with Crippen LogP contribution in [0.15, 0.2) is 23.8 Å². The maximum atomic E-state index is 12.9. The van der Waals surface area contributed by atoms with Gasteiger partial charge in [0.05, 0.1) is 14.2 Å². The number of nitrogens with one attached hydrogen (secondary N) is 1. The number of ether oxygens (including phenoxy) is 3. The second-order valence-corrected chi connectivity index (χ2v) is 8.03. The van der Waals surface area contributed by atoms with E-state index in [-0.39, 0.29) is 29.5 Å². The molecule has 0 bridgehead atoms. The van der Waals surface area contributed by atoms with E-state index in [9.17, 15) is 14.4 Å². The summed E-state index contributed by atoms with van der Waals surface area (Å²) in [5, 5.41) is 2.96. The molecule has 8 heteroatoms. The minimum absolute atomic E-state index is 0.212. The normalized spacial score (nSPS) is 22.6. The van der Waals surface area contributed by atoms with Gasteiger partial charge in [-0.2, -0.15) is 0 Å². The lowest BCUT2D eigenvalue weighted by atomic mass is 9.97. The molecular weight excluding hydrogens is 400 g/mol. The summed E-state index contributed by atoms with van der Waals surface area (Å²) in [6.45, 7) is 0.537. The molecule has 3 aliphatic rings. The van der Waals surface area contributed by atoms with Gasteiger partial charge in [0.2, 0.25) is 18.0 Å². The van der Waals surface area contributed by atoms with Crippen LogP contribution in [0.1, 0.15) is 67.1 Å². The van der Waals surface area contributed by atoms with Gasteiger partial charge in [0, 0.05) is 18.5 Å². The van der Waals surface area contributed by atoms with Crippen LogP contribution in [0.25, 0.3) is 0 Å². The number of nitrogens with zero attached hydrogens (tertiary/aromatic N) is 1. The van der Waals surface area contributed by atoms with Crippen molar-refractivity contribution < 1.29 is 28.6 Å². The van der Waals surface area contributed by atoms with Gasteiger partial charge >= 0.3 is 5.97 Å². The standard InChI is InChI=1S/C23H28N2O6/c1-29-17-10-8-15-19(20(17)30-2)23(28)31-22(15)25-16(9-11-18(25)26)21(27)24-13-12-14-6-4-3-5-7-14/h6,8,10,16,22H,3-5,7,9,11-13H2,1-2H3,(H,24,27)/t16-,22-/m0/s1.